The average Bonchev–Trinajstić information content (AvgIpc) is 2.53. The minimum Gasteiger partial charge on any atom is -0.264 e. The Bertz CT molecular complexity index is 369. The molecule has 60 valence electrons. The molecule has 0 N–H and O–H groups in total. The van der Waals surface area contributed by atoms with Crippen LogP contribution in [0.25, 0.3) is 11.1 Å². The zero-order valence-electron chi connectivity index (χ0n) is 6.20. The predicted molar refractivity (Wildman–Crippen MR) is 55.3 cm³/mol. The third-order valence-corrected chi connectivity index (χ3v) is 3.28. The minimum absolute atomic E-state index is 1.16. The molecule has 12 heavy (non-hydrogen) atoms. The number of pyridine rings is 1. The van der Waals surface area contributed by atoms with Gasteiger partial charge in [-0.15, -0.1) is 11.3 Å². The molecular weight excluding hydrogens is 234 g/mol. The van der Waals surface area contributed by atoms with Crippen molar-refractivity contribution in [2.75, 3.05) is 0 Å². The number of hydrogen-bond acceptors (Lipinski definition) is 2. The molecule has 2 aromatic heterocycles. The van der Waals surface area contributed by atoms with E-state index in [-0.39, 0.29) is 0 Å². The fraction of sp³-hybridized carbons (Fsp3) is 0. The Balaban J connectivity index is 2.51. The molecule has 0 atom stereocenters. The second kappa shape index (κ2) is 3.37. The number of aromatic nitrogens is 1. The molecule has 2 aromatic rings. The lowest BCUT2D eigenvalue weighted by Gasteiger charge is -1.95. The topological polar surface area (TPSA) is 12.9 Å². The molecule has 0 spiro atoms. The van der Waals surface area contributed by atoms with Gasteiger partial charge in [-0.05, 0) is 33.4 Å². The van der Waals surface area contributed by atoms with Gasteiger partial charge in [0.15, 0.2) is 0 Å². The Hall–Kier alpha value is -0.670. The van der Waals surface area contributed by atoms with E-state index in [1.807, 2.05) is 12.3 Å². The van der Waals surface area contributed by atoms with Crippen molar-refractivity contribution in [1.29, 1.82) is 0 Å². The Labute approximate surface area is 83.2 Å². The summed E-state index contributed by atoms with van der Waals surface area (Å²) in [6.45, 7) is 0. The van der Waals surface area contributed by atoms with Gasteiger partial charge in [-0.1, -0.05) is 6.07 Å². The van der Waals surface area contributed by atoms with E-state index in [1.54, 1.807) is 17.5 Å². The van der Waals surface area contributed by atoms with Crippen molar-refractivity contribution < 1.29 is 0 Å². The number of rotatable bonds is 1. The van der Waals surface area contributed by atoms with Crippen LogP contribution in [0.15, 0.2) is 39.8 Å². The molecule has 0 aliphatic carbocycles. The van der Waals surface area contributed by atoms with Gasteiger partial charge < -0.3 is 0 Å². The van der Waals surface area contributed by atoms with Gasteiger partial charge in [-0.2, -0.15) is 0 Å². The van der Waals surface area contributed by atoms with E-state index in [0.717, 1.165) is 9.35 Å². The summed E-state index contributed by atoms with van der Waals surface area (Å²) in [4.78, 5) is 4.07. The van der Waals surface area contributed by atoms with Crippen LogP contribution in [0.5, 0.6) is 0 Å². The maximum atomic E-state index is 4.07. The molecule has 2 rings (SSSR count). The summed E-state index contributed by atoms with van der Waals surface area (Å²) in [5.41, 5.74) is 2.37. The normalized spacial score (nSPS) is 10.1. The monoisotopic (exact) mass is 239 g/mol. The van der Waals surface area contributed by atoms with Crippen LogP contribution in [-0.2, 0) is 0 Å². The molecular formula is C9H6BrNS. The van der Waals surface area contributed by atoms with Gasteiger partial charge in [0.25, 0.3) is 0 Å². The molecule has 0 aliphatic rings. The van der Waals surface area contributed by atoms with E-state index in [9.17, 15) is 0 Å². The van der Waals surface area contributed by atoms with Crippen LogP contribution in [0.2, 0.25) is 0 Å². The lowest BCUT2D eigenvalue weighted by molar-refractivity contribution is 1.33. The first-order chi connectivity index (χ1) is 5.88. The summed E-state index contributed by atoms with van der Waals surface area (Å²) >= 11 is 5.18. The summed E-state index contributed by atoms with van der Waals surface area (Å²) in [5, 5.41) is 2.06. The summed E-state index contributed by atoms with van der Waals surface area (Å²) < 4.78 is 1.16. The third-order valence-electron chi connectivity index (χ3n) is 1.59. The Kier molecular flexibility index (Phi) is 2.23. The standard InChI is InChI=1S/C9H6BrNS/c10-9-8(3-5-12-9)7-2-1-4-11-6-7/h1-6H. The molecule has 0 amide bonds. The first kappa shape index (κ1) is 7.95. The molecule has 1 nitrogen and oxygen atoms in total. The second-order valence-electron chi connectivity index (χ2n) is 2.35. The van der Waals surface area contributed by atoms with Gasteiger partial charge >= 0.3 is 0 Å². The quantitative estimate of drug-likeness (QED) is 0.742. The van der Waals surface area contributed by atoms with E-state index < -0.39 is 0 Å². The van der Waals surface area contributed by atoms with Crippen molar-refractivity contribution in [2.45, 2.75) is 0 Å². The van der Waals surface area contributed by atoms with Crippen LogP contribution in [0, 0.1) is 0 Å². The SMILES string of the molecule is Brc1sccc1-c1cccnc1. The molecule has 0 aromatic carbocycles. The van der Waals surface area contributed by atoms with Gasteiger partial charge in [0.1, 0.15) is 0 Å². The summed E-state index contributed by atoms with van der Waals surface area (Å²) in [7, 11) is 0. The molecule has 0 saturated carbocycles. The zero-order valence-corrected chi connectivity index (χ0v) is 8.60. The molecule has 0 unspecified atom stereocenters. The number of hydrogen-bond donors (Lipinski definition) is 0. The fourth-order valence-corrected chi connectivity index (χ4v) is 2.34. The summed E-state index contributed by atoms with van der Waals surface area (Å²) in [6, 6.07) is 6.09. The van der Waals surface area contributed by atoms with Crippen molar-refractivity contribution in [3.63, 3.8) is 0 Å². The van der Waals surface area contributed by atoms with Gasteiger partial charge in [0.2, 0.25) is 0 Å². The minimum atomic E-state index is 1.16. The third kappa shape index (κ3) is 1.42. The molecule has 3 heteroatoms. The van der Waals surface area contributed by atoms with Gasteiger partial charge in [-0.25, -0.2) is 0 Å². The lowest BCUT2D eigenvalue weighted by Crippen LogP contribution is -1.75. The van der Waals surface area contributed by atoms with Crippen LogP contribution < -0.4 is 0 Å². The number of thiophene rings is 1. The summed E-state index contributed by atoms with van der Waals surface area (Å²) in [5.74, 6) is 0. The molecule has 0 bridgehead atoms. The van der Waals surface area contributed by atoms with Gasteiger partial charge in [-0.3, -0.25) is 4.98 Å². The van der Waals surface area contributed by atoms with Crippen LogP contribution in [-0.4, -0.2) is 4.98 Å². The average molecular weight is 240 g/mol. The van der Waals surface area contributed by atoms with Gasteiger partial charge in [0, 0.05) is 23.5 Å². The van der Waals surface area contributed by atoms with E-state index in [1.165, 1.54) is 5.56 Å². The van der Waals surface area contributed by atoms with Crippen LogP contribution in [0.1, 0.15) is 0 Å². The van der Waals surface area contributed by atoms with E-state index in [4.69, 9.17) is 0 Å². The van der Waals surface area contributed by atoms with Crippen molar-refractivity contribution >= 4 is 27.3 Å². The molecule has 2 heterocycles. The van der Waals surface area contributed by atoms with E-state index >= 15 is 0 Å². The summed E-state index contributed by atoms with van der Waals surface area (Å²) in [6.07, 6.45) is 3.65. The maximum absolute atomic E-state index is 4.07. The van der Waals surface area contributed by atoms with Crippen molar-refractivity contribution in [3.05, 3.63) is 39.8 Å². The van der Waals surface area contributed by atoms with Crippen molar-refractivity contribution in [3.8, 4) is 11.1 Å². The lowest BCUT2D eigenvalue weighted by atomic mass is 10.2. The number of halogens is 1. The van der Waals surface area contributed by atoms with Crippen LogP contribution in [0.4, 0.5) is 0 Å². The zero-order chi connectivity index (χ0) is 8.39. The van der Waals surface area contributed by atoms with Crippen LogP contribution >= 0.6 is 27.3 Å². The van der Waals surface area contributed by atoms with Gasteiger partial charge in [0.05, 0.1) is 3.79 Å². The molecule has 0 aliphatic heterocycles. The Morgan fingerprint density at radius 2 is 2.25 bits per heavy atom. The van der Waals surface area contributed by atoms with E-state index in [2.05, 4.69) is 38.4 Å². The molecule has 0 fully saturated rings. The Morgan fingerprint density at radius 3 is 2.83 bits per heavy atom. The van der Waals surface area contributed by atoms with Crippen molar-refractivity contribution in [2.24, 2.45) is 0 Å². The second-order valence-corrected chi connectivity index (χ2v) is 4.58. The number of nitrogens with zero attached hydrogens (tertiary/aromatic N) is 1. The maximum Gasteiger partial charge on any atom is 0.0777 e. The van der Waals surface area contributed by atoms with Crippen LogP contribution in [0.3, 0.4) is 0 Å². The highest BCUT2D eigenvalue weighted by Crippen LogP contribution is 2.31. The van der Waals surface area contributed by atoms with Crippen molar-refractivity contribution in [1.82, 2.24) is 4.98 Å². The smallest absolute Gasteiger partial charge is 0.0777 e. The molecule has 0 saturated heterocycles. The first-order valence-corrected chi connectivity index (χ1v) is 5.18. The first-order valence-electron chi connectivity index (χ1n) is 3.51. The fourth-order valence-electron chi connectivity index (χ4n) is 1.02. The largest absolute Gasteiger partial charge is 0.264 e. The highest BCUT2D eigenvalue weighted by molar-refractivity contribution is 9.11. The highest BCUT2D eigenvalue weighted by atomic mass is 79.9. The predicted octanol–water partition coefficient (Wildman–Crippen LogP) is 3.57. The highest BCUT2D eigenvalue weighted by Gasteiger charge is 2.02. The Morgan fingerprint density at radius 1 is 1.33 bits per heavy atom. The molecule has 0 radical (unpaired) electrons. The van der Waals surface area contributed by atoms with E-state index in [0.29, 0.717) is 0 Å².